The molecule has 2 heterocycles. The van der Waals surface area contributed by atoms with Crippen LogP contribution in [0.25, 0.3) is 0 Å². The second kappa shape index (κ2) is 11.0. The lowest BCUT2D eigenvalue weighted by atomic mass is 11.8. The van der Waals surface area contributed by atoms with Gasteiger partial charge in [0.1, 0.15) is 6.87 Å². The Kier molecular flexibility index (Phi) is 10.9. The lowest BCUT2D eigenvalue weighted by Gasteiger charge is -2.73. The Bertz CT molecular complexity index is 1030. The maximum absolute atomic E-state index is 16.5. The van der Waals surface area contributed by atoms with Crippen LogP contribution in [-0.4, -0.2) is 119 Å². The molecule has 1 radical (unpaired) electrons. The van der Waals surface area contributed by atoms with Gasteiger partial charge in [-0.2, -0.15) is 0 Å². The van der Waals surface area contributed by atoms with Crippen molar-refractivity contribution in [3.8, 4) is 0 Å². The van der Waals surface area contributed by atoms with Gasteiger partial charge in [0.25, 0.3) is 0 Å². The van der Waals surface area contributed by atoms with E-state index in [0.29, 0.717) is 0 Å². The second-order valence-corrected chi connectivity index (χ2v) is 222. The van der Waals surface area contributed by atoms with Gasteiger partial charge in [0.15, 0.2) is 0 Å². The highest BCUT2D eigenvalue weighted by molar-refractivity contribution is 8.59. The summed E-state index contributed by atoms with van der Waals surface area (Å²) in [5.74, 6) is 0. The van der Waals surface area contributed by atoms with Crippen LogP contribution >= 0.6 is 0 Å². The van der Waals surface area contributed by atoms with Gasteiger partial charge >= 0.3 is 0 Å². The zero-order valence-corrected chi connectivity index (χ0v) is 52.4. The average molecular weight is 887 g/mol. The molecule has 2 saturated heterocycles. The summed E-state index contributed by atoms with van der Waals surface area (Å²) in [4.78, 5) is 16.5. The highest BCUT2D eigenvalue weighted by atomic mass is 30.8. The largest absolute Gasteiger partial charge is 0.443 e. The minimum Gasteiger partial charge on any atom is -0.443 e. The summed E-state index contributed by atoms with van der Waals surface area (Å²) in [5.41, 5.74) is 0. The van der Waals surface area contributed by atoms with Crippen LogP contribution < -0.4 is 0 Å². The predicted molar refractivity (Wildman–Crippen MR) is 258 cm³/mol. The van der Waals surface area contributed by atoms with E-state index in [-0.39, 0.29) is 0 Å². The van der Waals surface area contributed by atoms with Crippen LogP contribution in [0.5, 0.6) is 0 Å². The van der Waals surface area contributed by atoms with Crippen LogP contribution in [0.1, 0.15) is 0 Å². The van der Waals surface area contributed by atoms with Gasteiger partial charge in [-0.15, -0.1) is 0 Å². The molecule has 17 heteroatoms. The van der Waals surface area contributed by atoms with Gasteiger partial charge in [0.2, 0.25) is 0 Å². The van der Waals surface area contributed by atoms with Crippen molar-refractivity contribution in [3.05, 3.63) is 0 Å². The lowest BCUT2D eigenvalue weighted by Crippen LogP contribution is -3.07. The number of hydrogen-bond donors (Lipinski definition) is 1. The standard InChI is InChI=1S/C28H85OSi16/c1-31(2,3)42(32(4,5)6)30-41(29,44(35(13,14)15,36(16,17)18)39(42,25)26)45(37(19,20)21,38(22,23)24)40(27,28)43(30,33(7,8)9)34(10,11)12/h29H,1-28H3. The predicted octanol–water partition coefficient (Wildman–Crippen LogP) is 9.70. The van der Waals surface area contributed by atoms with Crippen LogP contribution in [0.4, 0.5) is 0 Å². The Hall–Kier alpha value is 3.43. The van der Waals surface area contributed by atoms with Gasteiger partial charge in [-0.25, -0.2) is 0 Å². The van der Waals surface area contributed by atoms with E-state index in [1.54, 1.807) is 0 Å². The van der Waals surface area contributed by atoms with Gasteiger partial charge in [0.05, 0.1) is 12.3 Å². The Morgan fingerprint density at radius 2 is 0.467 bits per heavy atom. The first-order chi connectivity index (χ1) is 18.9. The molecule has 1 N–H and O–H groups in total. The van der Waals surface area contributed by atoms with E-state index in [2.05, 4.69) is 183 Å². The molecule has 0 aliphatic carbocycles. The molecule has 0 aromatic rings. The normalized spacial score (nSPS) is 26.6. The third kappa shape index (κ3) is 4.50. The Morgan fingerprint density at radius 1 is 0.311 bits per heavy atom. The molecular formula is C28H85OSi16. The fourth-order valence-electron chi connectivity index (χ4n) is 19.2. The third-order valence-corrected chi connectivity index (χ3v) is 539. The first-order valence-electron chi connectivity index (χ1n) is 18.5. The van der Waals surface area contributed by atoms with E-state index in [1.807, 2.05) is 0 Å². The second-order valence-electron chi connectivity index (χ2n) is 25.3. The Morgan fingerprint density at radius 3 is 0.578 bits per heavy atom. The lowest BCUT2D eigenvalue weighted by molar-refractivity contribution is 0.601. The summed E-state index contributed by atoms with van der Waals surface area (Å²) >= 11 is 0. The van der Waals surface area contributed by atoms with Gasteiger partial charge < -0.3 is 4.80 Å². The maximum Gasteiger partial charge on any atom is 0.132 e. The fourth-order valence-corrected chi connectivity index (χ4v) is 1290. The van der Waals surface area contributed by atoms with E-state index in [4.69, 9.17) is 0 Å². The zero-order valence-electron chi connectivity index (χ0n) is 36.4. The first-order valence-corrected chi connectivity index (χ1v) is 80.9. The zero-order chi connectivity index (χ0) is 37.1. The Labute approximate surface area is 299 Å². The molecular weight excluding hydrogens is 802 g/mol. The summed E-state index contributed by atoms with van der Waals surface area (Å²) in [7, 11) is -17.6. The average Bonchev–Trinajstić information content (AvgIpc) is 2.83. The van der Waals surface area contributed by atoms with Gasteiger partial charge in [-0.1, -0.05) is 183 Å². The minimum atomic E-state index is -2.62. The van der Waals surface area contributed by atoms with Crippen molar-refractivity contribution in [1.82, 2.24) is 0 Å². The van der Waals surface area contributed by atoms with E-state index in [0.717, 1.165) is 0 Å². The van der Waals surface area contributed by atoms with E-state index >= 15 is 4.80 Å². The number of rotatable bonds is 8. The van der Waals surface area contributed by atoms with E-state index in [9.17, 15) is 0 Å². The van der Waals surface area contributed by atoms with Crippen molar-refractivity contribution in [1.29, 1.82) is 0 Å². The molecule has 0 atom stereocenters. The highest BCUT2D eigenvalue weighted by Gasteiger charge is 3.04. The quantitative estimate of drug-likeness (QED) is 0.241. The highest BCUT2D eigenvalue weighted by Crippen LogP contribution is 2.70. The van der Waals surface area contributed by atoms with Crippen LogP contribution in [-0.2, 0) is 0 Å². The van der Waals surface area contributed by atoms with Gasteiger partial charge in [0, 0.05) is 94.6 Å². The molecule has 1 nitrogen and oxygen atoms in total. The topological polar surface area (TPSA) is 20.2 Å². The summed E-state index contributed by atoms with van der Waals surface area (Å²) in [5, 5.41) is 0. The summed E-state index contributed by atoms with van der Waals surface area (Å²) in [6, 6.07) is 0. The van der Waals surface area contributed by atoms with E-state index in [1.165, 1.54) is 0 Å². The molecule has 0 aromatic heterocycles. The van der Waals surface area contributed by atoms with Crippen LogP contribution in [0.15, 0.2) is 0 Å². The monoisotopic (exact) mass is 885 g/mol. The molecule has 0 bridgehead atoms. The maximum atomic E-state index is 16.5. The molecule has 0 amide bonds. The molecule has 0 spiro atoms. The van der Waals surface area contributed by atoms with Crippen LogP contribution in [0.3, 0.4) is 0 Å². The molecule has 2 rings (SSSR count). The summed E-state index contributed by atoms with van der Waals surface area (Å²) in [6.45, 7) is 82.2. The molecule has 2 fully saturated rings. The van der Waals surface area contributed by atoms with Crippen molar-refractivity contribution in [3.63, 3.8) is 0 Å². The van der Waals surface area contributed by atoms with Crippen molar-refractivity contribution < 1.29 is 4.80 Å². The van der Waals surface area contributed by atoms with Crippen LogP contribution in [0.2, 0.25) is 183 Å². The molecule has 0 unspecified atom stereocenters. The molecule has 267 valence electrons. The molecule has 45 heavy (non-hydrogen) atoms. The van der Waals surface area contributed by atoms with Crippen molar-refractivity contribution >= 4 is 114 Å². The van der Waals surface area contributed by atoms with Crippen molar-refractivity contribution in [2.45, 2.75) is 183 Å². The molecule has 0 saturated carbocycles. The van der Waals surface area contributed by atoms with E-state index < -0.39 is 114 Å². The van der Waals surface area contributed by atoms with Crippen LogP contribution in [0, 0.1) is 0 Å². The Balaban J connectivity index is 4.10. The van der Waals surface area contributed by atoms with Crippen molar-refractivity contribution in [2.24, 2.45) is 0 Å². The molecule has 2 aliphatic rings. The van der Waals surface area contributed by atoms with Gasteiger partial charge in [-0.3, -0.25) is 0 Å². The third-order valence-electron chi connectivity index (χ3n) is 14.9. The SMILES string of the molecule is C[Si](C)(C)[Si]1([Si](C)(C)C)[Si]2[Si](O)([Si]([Si](C)(C)C)([Si](C)(C)C)[Si]1(C)C)[Si]([Si](C)(C)C)([Si](C)(C)C)[Si](C)(C)[Si]2([Si](C)(C)C)[Si](C)(C)C. The fraction of sp³-hybridized carbons (Fsp3) is 1.00. The summed E-state index contributed by atoms with van der Waals surface area (Å²) in [6.07, 6.45) is -7.67. The van der Waals surface area contributed by atoms with Gasteiger partial charge in [-0.05, 0) is 0 Å². The molecule has 0 aromatic carbocycles. The molecule has 2 aliphatic heterocycles. The smallest absolute Gasteiger partial charge is 0.132 e. The van der Waals surface area contributed by atoms with Crippen molar-refractivity contribution in [2.75, 3.05) is 0 Å². The number of hydrogen-bond acceptors (Lipinski definition) is 1. The first kappa shape index (κ1) is 44.6. The summed E-state index contributed by atoms with van der Waals surface area (Å²) < 4.78 is 0. The number of fused-ring (bicyclic) bond motifs is 1. The minimum absolute atomic E-state index is 0.790.